The van der Waals surface area contributed by atoms with E-state index in [2.05, 4.69) is 10.3 Å². The minimum atomic E-state index is -0.0508. The van der Waals surface area contributed by atoms with Crippen LogP contribution in [0, 0.1) is 6.92 Å². The zero-order valence-corrected chi connectivity index (χ0v) is 10.7. The van der Waals surface area contributed by atoms with Gasteiger partial charge in [-0.3, -0.25) is 9.78 Å². The van der Waals surface area contributed by atoms with Gasteiger partial charge in [0.1, 0.15) is 5.69 Å². The Hall–Kier alpha value is -2.10. The van der Waals surface area contributed by atoms with Gasteiger partial charge in [0.05, 0.1) is 11.4 Å². The van der Waals surface area contributed by atoms with Crippen LogP contribution < -0.4 is 5.32 Å². The summed E-state index contributed by atoms with van der Waals surface area (Å²) in [5.41, 5.74) is 2.47. The molecule has 18 heavy (non-hydrogen) atoms. The minimum absolute atomic E-state index is 0.0508. The van der Waals surface area contributed by atoms with Gasteiger partial charge in [0.15, 0.2) is 0 Å². The van der Waals surface area contributed by atoms with Gasteiger partial charge in [-0.2, -0.15) is 0 Å². The fourth-order valence-electron chi connectivity index (χ4n) is 1.84. The molecule has 1 amide bonds. The third-order valence-corrected chi connectivity index (χ3v) is 2.76. The average Bonchev–Trinajstić information content (AvgIpc) is 2.85. The van der Waals surface area contributed by atoms with Gasteiger partial charge in [0.2, 0.25) is 0 Å². The van der Waals surface area contributed by atoms with Gasteiger partial charge in [0, 0.05) is 18.9 Å². The summed E-state index contributed by atoms with van der Waals surface area (Å²) in [4.78, 5) is 16.3. The molecule has 2 aromatic heterocycles. The number of carbonyl (C=O) groups is 1. The summed E-state index contributed by atoms with van der Waals surface area (Å²) in [7, 11) is 0. The number of amides is 1. The van der Waals surface area contributed by atoms with E-state index in [0.29, 0.717) is 12.2 Å². The third-order valence-electron chi connectivity index (χ3n) is 2.76. The molecule has 2 aromatic rings. The summed E-state index contributed by atoms with van der Waals surface area (Å²) in [6, 6.07) is 7.51. The Kier molecular flexibility index (Phi) is 3.77. The highest BCUT2D eigenvalue weighted by Crippen LogP contribution is 2.15. The number of aryl methyl sites for hydroxylation is 1. The lowest BCUT2D eigenvalue weighted by Crippen LogP contribution is -2.26. The maximum absolute atomic E-state index is 12.0. The molecule has 0 unspecified atom stereocenters. The molecule has 2 heterocycles. The van der Waals surface area contributed by atoms with E-state index in [1.54, 1.807) is 6.20 Å². The Morgan fingerprint density at radius 1 is 1.39 bits per heavy atom. The summed E-state index contributed by atoms with van der Waals surface area (Å²) >= 11 is 0. The van der Waals surface area contributed by atoms with Crippen molar-refractivity contribution in [2.24, 2.45) is 0 Å². The standard InChI is InChI=1S/C14H17N3O/c1-3-8-16-14(18)13-7-5-10-17(13)12-6-4-9-15-11(12)2/h4-7,9-10H,3,8H2,1-2H3,(H,16,18). The van der Waals surface area contributed by atoms with Crippen LogP contribution in [-0.4, -0.2) is 22.0 Å². The first kappa shape index (κ1) is 12.4. The van der Waals surface area contributed by atoms with Crippen LogP contribution >= 0.6 is 0 Å². The van der Waals surface area contributed by atoms with Crippen molar-refractivity contribution < 1.29 is 4.79 Å². The van der Waals surface area contributed by atoms with Crippen molar-refractivity contribution in [3.63, 3.8) is 0 Å². The third kappa shape index (κ3) is 2.42. The zero-order valence-electron chi connectivity index (χ0n) is 10.7. The van der Waals surface area contributed by atoms with E-state index in [4.69, 9.17) is 0 Å². The van der Waals surface area contributed by atoms with Gasteiger partial charge < -0.3 is 9.88 Å². The van der Waals surface area contributed by atoms with Crippen LogP contribution in [0.25, 0.3) is 5.69 Å². The van der Waals surface area contributed by atoms with Gasteiger partial charge in [-0.05, 0) is 37.6 Å². The monoisotopic (exact) mass is 243 g/mol. The van der Waals surface area contributed by atoms with Crippen LogP contribution in [0.5, 0.6) is 0 Å². The highest BCUT2D eigenvalue weighted by atomic mass is 16.1. The molecule has 0 aliphatic heterocycles. The predicted molar refractivity (Wildman–Crippen MR) is 70.9 cm³/mol. The molecule has 1 N–H and O–H groups in total. The molecule has 94 valence electrons. The second-order valence-electron chi connectivity index (χ2n) is 4.13. The Bertz CT molecular complexity index is 545. The molecule has 0 aliphatic rings. The SMILES string of the molecule is CCCNC(=O)c1cccn1-c1cccnc1C. The Balaban J connectivity index is 2.34. The minimum Gasteiger partial charge on any atom is -0.351 e. The molecule has 0 radical (unpaired) electrons. The average molecular weight is 243 g/mol. The molecule has 0 bridgehead atoms. The number of carbonyl (C=O) groups excluding carboxylic acids is 1. The van der Waals surface area contributed by atoms with E-state index in [9.17, 15) is 4.79 Å². The van der Waals surface area contributed by atoms with Gasteiger partial charge in [0.25, 0.3) is 5.91 Å². The lowest BCUT2D eigenvalue weighted by atomic mass is 10.3. The number of rotatable bonds is 4. The van der Waals surface area contributed by atoms with Crippen LogP contribution in [0.15, 0.2) is 36.7 Å². The van der Waals surface area contributed by atoms with E-state index in [-0.39, 0.29) is 5.91 Å². The quantitative estimate of drug-likeness (QED) is 0.895. The van der Waals surface area contributed by atoms with Crippen molar-refractivity contribution in [1.29, 1.82) is 0 Å². The Labute approximate surface area is 107 Å². The first-order valence-corrected chi connectivity index (χ1v) is 6.11. The highest BCUT2D eigenvalue weighted by molar-refractivity contribution is 5.93. The van der Waals surface area contributed by atoms with Crippen LogP contribution in [-0.2, 0) is 0 Å². The molecule has 0 aromatic carbocycles. The second-order valence-corrected chi connectivity index (χ2v) is 4.13. The summed E-state index contributed by atoms with van der Waals surface area (Å²) in [6.07, 6.45) is 4.56. The van der Waals surface area contributed by atoms with Crippen molar-refractivity contribution in [1.82, 2.24) is 14.9 Å². The van der Waals surface area contributed by atoms with Gasteiger partial charge in [-0.25, -0.2) is 0 Å². The molecule has 0 fully saturated rings. The first-order chi connectivity index (χ1) is 8.74. The van der Waals surface area contributed by atoms with E-state index in [1.165, 1.54) is 0 Å². The van der Waals surface area contributed by atoms with Crippen molar-refractivity contribution in [2.75, 3.05) is 6.54 Å². The van der Waals surface area contributed by atoms with Crippen LogP contribution in [0.2, 0.25) is 0 Å². The lowest BCUT2D eigenvalue weighted by molar-refractivity contribution is 0.0947. The van der Waals surface area contributed by atoms with Crippen molar-refractivity contribution in [3.05, 3.63) is 48.0 Å². The number of nitrogens with one attached hydrogen (secondary N) is 1. The van der Waals surface area contributed by atoms with E-state index in [1.807, 2.05) is 48.9 Å². The number of hydrogen-bond donors (Lipinski definition) is 1. The van der Waals surface area contributed by atoms with E-state index >= 15 is 0 Å². The number of nitrogens with zero attached hydrogens (tertiary/aromatic N) is 2. The van der Waals surface area contributed by atoms with E-state index < -0.39 is 0 Å². The van der Waals surface area contributed by atoms with Crippen molar-refractivity contribution in [3.8, 4) is 5.69 Å². The van der Waals surface area contributed by atoms with E-state index in [0.717, 1.165) is 17.8 Å². The van der Waals surface area contributed by atoms with Gasteiger partial charge in [-0.15, -0.1) is 0 Å². The predicted octanol–water partition coefficient (Wildman–Crippen LogP) is 2.32. The fourth-order valence-corrected chi connectivity index (χ4v) is 1.84. The molecule has 0 saturated carbocycles. The molecule has 0 saturated heterocycles. The van der Waals surface area contributed by atoms with Crippen molar-refractivity contribution >= 4 is 5.91 Å². The van der Waals surface area contributed by atoms with Gasteiger partial charge in [-0.1, -0.05) is 6.92 Å². The lowest BCUT2D eigenvalue weighted by Gasteiger charge is -2.11. The summed E-state index contributed by atoms with van der Waals surface area (Å²) in [5.74, 6) is -0.0508. The zero-order chi connectivity index (χ0) is 13.0. The molecule has 0 spiro atoms. The highest BCUT2D eigenvalue weighted by Gasteiger charge is 2.12. The summed E-state index contributed by atoms with van der Waals surface area (Å²) in [6.45, 7) is 4.66. The molecule has 4 heteroatoms. The molecular formula is C14H17N3O. The molecule has 0 atom stereocenters. The second kappa shape index (κ2) is 5.49. The smallest absolute Gasteiger partial charge is 0.268 e. The van der Waals surface area contributed by atoms with Crippen LogP contribution in [0.4, 0.5) is 0 Å². The molecule has 4 nitrogen and oxygen atoms in total. The normalized spacial score (nSPS) is 10.3. The largest absolute Gasteiger partial charge is 0.351 e. The maximum Gasteiger partial charge on any atom is 0.268 e. The van der Waals surface area contributed by atoms with Crippen LogP contribution in [0.3, 0.4) is 0 Å². The number of hydrogen-bond acceptors (Lipinski definition) is 2. The number of pyridine rings is 1. The first-order valence-electron chi connectivity index (χ1n) is 6.11. The summed E-state index contributed by atoms with van der Waals surface area (Å²) < 4.78 is 1.87. The van der Waals surface area contributed by atoms with Crippen LogP contribution in [0.1, 0.15) is 29.5 Å². The summed E-state index contributed by atoms with van der Waals surface area (Å²) in [5, 5.41) is 2.88. The Morgan fingerprint density at radius 2 is 2.22 bits per heavy atom. The van der Waals surface area contributed by atoms with Crippen molar-refractivity contribution in [2.45, 2.75) is 20.3 Å². The van der Waals surface area contributed by atoms with Gasteiger partial charge >= 0.3 is 0 Å². The molecule has 2 rings (SSSR count). The fraction of sp³-hybridized carbons (Fsp3) is 0.286. The maximum atomic E-state index is 12.0. The molecule has 0 aliphatic carbocycles. The Morgan fingerprint density at radius 3 is 2.94 bits per heavy atom. The molecular weight excluding hydrogens is 226 g/mol. The topological polar surface area (TPSA) is 46.9 Å². The number of aromatic nitrogens is 2.